The molecule has 0 radical (unpaired) electrons. The molecule has 0 fully saturated rings. The highest BCUT2D eigenvalue weighted by molar-refractivity contribution is 7.92. The molecule has 0 saturated heterocycles. The average molecular weight is 392 g/mol. The standard InChI is InChI=1S/C20H25FN2O3S/c1-16(17-8-4-3-5-9-17)15-22-20(24)12-7-13-23(27(2,25)26)19-11-6-10-18(21)14-19/h3-6,8-11,14,16H,7,12-13,15H2,1-2H3,(H,22,24). The van der Waals surface area contributed by atoms with E-state index in [9.17, 15) is 17.6 Å². The number of amides is 1. The van der Waals surface area contributed by atoms with Gasteiger partial charge in [-0.1, -0.05) is 43.3 Å². The van der Waals surface area contributed by atoms with Gasteiger partial charge >= 0.3 is 0 Å². The van der Waals surface area contributed by atoms with Crippen LogP contribution < -0.4 is 9.62 Å². The minimum atomic E-state index is -3.56. The van der Waals surface area contributed by atoms with Crippen LogP contribution in [0.4, 0.5) is 10.1 Å². The van der Waals surface area contributed by atoms with Gasteiger partial charge in [0.2, 0.25) is 15.9 Å². The maximum Gasteiger partial charge on any atom is 0.232 e. The van der Waals surface area contributed by atoms with Gasteiger partial charge in [-0.05, 0) is 36.1 Å². The first-order chi connectivity index (χ1) is 12.8. The summed E-state index contributed by atoms with van der Waals surface area (Å²) in [5.74, 6) is -0.450. The van der Waals surface area contributed by atoms with Crippen LogP contribution in [0, 0.1) is 5.82 Å². The zero-order valence-electron chi connectivity index (χ0n) is 15.6. The van der Waals surface area contributed by atoms with E-state index in [4.69, 9.17) is 0 Å². The number of anilines is 1. The van der Waals surface area contributed by atoms with Crippen molar-refractivity contribution in [2.24, 2.45) is 0 Å². The molecular formula is C20H25FN2O3S. The van der Waals surface area contributed by atoms with Crippen LogP contribution in [0.2, 0.25) is 0 Å². The van der Waals surface area contributed by atoms with Crippen molar-refractivity contribution in [3.63, 3.8) is 0 Å². The highest BCUT2D eigenvalue weighted by Gasteiger charge is 2.18. The maximum atomic E-state index is 13.4. The summed E-state index contributed by atoms with van der Waals surface area (Å²) in [6, 6.07) is 15.3. The number of nitrogens with one attached hydrogen (secondary N) is 1. The Kier molecular flexibility index (Phi) is 7.36. The number of halogens is 1. The van der Waals surface area contributed by atoms with E-state index in [2.05, 4.69) is 5.32 Å². The van der Waals surface area contributed by atoms with Crippen LogP contribution in [0.5, 0.6) is 0 Å². The van der Waals surface area contributed by atoms with Crippen LogP contribution in [0.1, 0.15) is 31.2 Å². The molecule has 1 unspecified atom stereocenters. The summed E-state index contributed by atoms with van der Waals surface area (Å²) in [4.78, 5) is 12.1. The molecule has 0 aliphatic heterocycles. The van der Waals surface area contributed by atoms with Gasteiger partial charge in [-0.15, -0.1) is 0 Å². The van der Waals surface area contributed by atoms with E-state index in [0.29, 0.717) is 13.0 Å². The van der Waals surface area contributed by atoms with Crippen LogP contribution in [-0.2, 0) is 14.8 Å². The Morgan fingerprint density at radius 1 is 1.15 bits per heavy atom. The molecule has 0 aliphatic carbocycles. The van der Waals surface area contributed by atoms with E-state index in [0.717, 1.165) is 16.1 Å². The fourth-order valence-corrected chi connectivity index (χ4v) is 3.71. The van der Waals surface area contributed by atoms with Gasteiger partial charge in [-0.3, -0.25) is 9.10 Å². The van der Waals surface area contributed by atoms with E-state index >= 15 is 0 Å². The molecule has 2 rings (SSSR count). The predicted molar refractivity (Wildman–Crippen MR) is 106 cm³/mol. The largest absolute Gasteiger partial charge is 0.356 e. The predicted octanol–water partition coefficient (Wildman–Crippen LogP) is 3.29. The summed E-state index contributed by atoms with van der Waals surface area (Å²) in [5, 5.41) is 2.88. The van der Waals surface area contributed by atoms with E-state index in [1.807, 2.05) is 37.3 Å². The number of rotatable bonds is 9. The van der Waals surface area contributed by atoms with Gasteiger partial charge in [0.05, 0.1) is 11.9 Å². The quantitative estimate of drug-likeness (QED) is 0.712. The van der Waals surface area contributed by atoms with Gasteiger partial charge in [-0.2, -0.15) is 0 Å². The average Bonchev–Trinajstić information content (AvgIpc) is 2.63. The number of carbonyl (C=O) groups is 1. The molecule has 0 saturated carbocycles. The molecule has 1 atom stereocenters. The fourth-order valence-electron chi connectivity index (χ4n) is 2.76. The summed E-state index contributed by atoms with van der Waals surface area (Å²) in [6.45, 7) is 2.66. The Morgan fingerprint density at radius 3 is 2.48 bits per heavy atom. The number of hydrogen-bond acceptors (Lipinski definition) is 3. The second-order valence-electron chi connectivity index (χ2n) is 6.53. The number of carbonyl (C=O) groups excluding carboxylic acids is 1. The molecule has 0 spiro atoms. The first-order valence-corrected chi connectivity index (χ1v) is 10.7. The molecule has 0 heterocycles. The highest BCUT2D eigenvalue weighted by Crippen LogP contribution is 2.19. The topological polar surface area (TPSA) is 66.5 Å². The first-order valence-electron chi connectivity index (χ1n) is 8.82. The SMILES string of the molecule is CC(CNC(=O)CCCN(c1cccc(F)c1)S(C)(=O)=O)c1ccccc1. The second kappa shape index (κ2) is 9.50. The summed E-state index contributed by atoms with van der Waals surface area (Å²) < 4.78 is 38.5. The Balaban J connectivity index is 1.85. The van der Waals surface area contributed by atoms with E-state index in [-0.39, 0.29) is 30.5 Å². The lowest BCUT2D eigenvalue weighted by molar-refractivity contribution is -0.121. The molecule has 0 aromatic heterocycles. The molecule has 2 aromatic carbocycles. The van der Waals surface area contributed by atoms with Crippen LogP contribution in [0.25, 0.3) is 0 Å². The molecule has 0 bridgehead atoms. The van der Waals surface area contributed by atoms with Crippen molar-refractivity contribution in [1.82, 2.24) is 5.32 Å². The van der Waals surface area contributed by atoms with Crippen molar-refractivity contribution in [3.8, 4) is 0 Å². The molecule has 0 aliphatic rings. The molecule has 146 valence electrons. The Morgan fingerprint density at radius 2 is 1.85 bits per heavy atom. The minimum absolute atomic E-state index is 0.115. The number of hydrogen-bond donors (Lipinski definition) is 1. The van der Waals surface area contributed by atoms with E-state index < -0.39 is 15.8 Å². The number of nitrogens with zero attached hydrogens (tertiary/aromatic N) is 1. The van der Waals surface area contributed by atoms with Gasteiger partial charge in [0.1, 0.15) is 5.82 Å². The third-order valence-electron chi connectivity index (χ3n) is 4.24. The van der Waals surface area contributed by atoms with Crippen molar-refractivity contribution < 1.29 is 17.6 Å². The first kappa shape index (κ1) is 20.9. The van der Waals surface area contributed by atoms with Crippen LogP contribution in [-0.4, -0.2) is 33.7 Å². The third kappa shape index (κ3) is 6.67. The van der Waals surface area contributed by atoms with Gasteiger partial charge in [0, 0.05) is 19.5 Å². The van der Waals surface area contributed by atoms with Gasteiger partial charge < -0.3 is 5.32 Å². The Hall–Kier alpha value is -2.41. The number of benzene rings is 2. The van der Waals surface area contributed by atoms with Crippen molar-refractivity contribution in [1.29, 1.82) is 0 Å². The van der Waals surface area contributed by atoms with Gasteiger partial charge in [0.15, 0.2) is 0 Å². The third-order valence-corrected chi connectivity index (χ3v) is 5.43. The molecule has 1 amide bonds. The lowest BCUT2D eigenvalue weighted by Crippen LogP contribution is -2.32. The zero-order chi connectivity index (χ0) is 19.9. The molecule has 27 heavy (non-hydrogen) atoms. The molecule has 5 nitrogen and oxygen atoms in total. The van der Waals surface area contributed by atoms with Crippen molar-refractivity contribution >= 4 is 21.6 Å². The van der Waals surface area contributed by atoms with E-state index in [1.54, 1.807) is 0 Å². The van der Waals surface area contributed by atoms with Gasteiger partial charge in [0.25, 0.3) is 0 Å². The smallest absolute Gasteiger partial charge is 0.232 e. The van der Waals surface area contributed by atoms with E-state index in [1.165, 1.54) is 24.3 Å². The van der Waals surface area contributed by atoms with Crippen LogP contribution >= 0.6 is 0 Å². The van der Waals surface area contributed by atoms with Gasteiger partial charge in [-0.25, -0.2) is 12.8 Å². The normalized spacial score (nSPS) is 12.4. The Bertz CT molecular complexity index is 857. The monoisotopic (exact) mass is 392 g/mol. The van der Waals surface area contributed by atoms with Crippen molar-refractivity contribution in [2.45, 2.75) is 25.7 Å². The van der Waals surface area contributed by atoms with Crippen LogP contribution in [0.3, 0.4) is 0 Å². The maximum absolute atomic E-state index is 13.4. The van der Waals surface area contributed by atoms with Crippen molar-refractivity contribution in [3.05, 3.63) is 66.0 Å². The van der Waals surface area contributed by atoms with Crippen molar-refractivity contribution in [2.75, 3.05) is 23.7 Å². The zero-order valence-corrected chi connectivity index (χ0v) is 16.4. The molecule has 2 aromatic rings. The highest BCUT2D eigenvalue weighted by atomic mass is 32.2. The molecular weight excluding hydrogens is 367 g/mol. The summed E-state index contributed by atoms with van der Waals surface area (Å²) >= 11 is 0. The summed E-state index contributed by atoms with van der Waals surface area (Å²) in [6.07, 6.45) is 1.61. The summed E-state index contributed by atoms with van der Waals surface area (Å²) in [7, 11) is -3.56. The summed E-state index contributed by atoms with van der Waals surface area (Å²) in [5.41, 5.74) is 1.41. The fraction of sp³-hybridized carbons (Fsp3) is 0.350. The lowest BCUT2D eigenvalue weighted by Gasteiger charge is -2.22. The Labute approximate surface area is 160 Å². The second-order valence-corrected chi connectivity index (χ2v) is 8.44. The lowest BCUT2D eigenvalue weighted by atomic mass is 10.0. The minimum Gasteiger partial charge on any atom is -0.356 e. The van der Waals surface area contributed by atoms with Crippen LogP contribution in [0.15, 0.2) is 54.6 Å². The molecule has 7 heteroatoms. The molecule has 1 N–H and O–H groups in total. The number of sulfonamides is 1.